The van der Waals surface area contributed by atoms with Crippen molar-refractivity contribution in [2.75, 3.05) is 19.6 Å². The van der Waals surface area contributed by atoms with E-state index in [2.05, 4.69) is 35.3 Å². The number of carbonyl (C=O) groups excluding carboxylic acids is 1. The maximum Gasteiger partial charge on any atom is 0.231 e. The Hall–Kier alpha value is -1.35. The number of hydrogen-bond acceptors (Lipinski definition) is 2. The Bertz CT molecular complexity index is 472. The molecule has 19 heavy (non-hydrogen) atoms. The molecule has 0 aliphatic carbocycles. The van der Waals surface area contributed by atoms with Crippen molar-refractivity contribution in [3.63, 3.8) is 0 Å². The first-order valence-electron chi connectivity index (χ1n) is 7.33. The van der Waals surface area contributed by atoms with Gasteiger partial charge in [0.15, 0.2) is 0 Å². The first-order chi connectivity index (χ1) is 9.25. The molecule has 0 saturated carbocycles. The van der Waals surface area contributed by atoms with Gasteiger partial charge in [0, 0.05) is 26.2 Å². The first-order valence-corrected chi connectivity index (χ1v) is 7.33. The molecule has 2 heterocycles. The predicted molar refractivity (Wildman–Crippen MR) is 75.9 cm³/mol. The normalized spacial score (nSPS) is 26.9. The van der Waals surface area contributed by atoms with E-state index in [1.807, 2.05) is 6.07 Å². The molecule has 0 spiro atoms. The van der Waals surface area contributed by atoms with Crippen LogP contribution in [0.4, 0.5) is 0 Å². The van der Waals surface area contributed by atoms with E-state index < -0.39 is 0 Å². The summed E-state index contributed by atoms with van der Waals surface area (Å²) in [7, 11) is 0. The molecule has 0 bridgehead atoms. The van der Waals surface area contributed by atoms with Crippen molar-refractivity contribution in [2.45, 2.75) is 32.2 Å². The minimum atomic E-state index is 0.00949. The molecular formula is C16H22N2O. The van der Waals surface area contributed by atoms with E-state index in [0.29, 0.717) is 11.8 Å². The van der Waals surface area contributed by atoms with E-state index in [0.717, 1.165) is 32.6 Å². The molecule has 3 rings (SSSR count). The molecule has 2 aliphatic heterocycles. The number of hydrogen-bond donors (Lipinski definition) is 1. The number of rotatable bonds is 1. The summed E-state index contributed by atoms with van der Waals surface area (Å²) in [5.41, 5.74) is 2.50. The number of nitrogens with zero attached hydrogens (tertiary/aromatic N) is 1. The Morgan fingerprint density at radius 3 is 3.05 bits per heavy atom. The van der Waals surface area contributed by atoms with E-state index in [1.54, 1.807) is 0 Å². The fourth-order valence-corrected chi connectivity index (χ4v) is 3.33. The number of carbonyl (C=O) groups is 1. The van der Waals surface area contributed by atoms with Gasteiger partial charge >= 0.3 is 0 Å². The Morgan fingerprint density at radius 2 is 2.21 bits per heavy atom. The SMILES string of the molecule is CC1CCCN(C(=O)C2CNCc3ccccc32)C1. The van der Waals surface area contributed by atoms with Crippen LogP contribution in [0.25, 0.3) is 0 Å². The van der Waals surface area contributed by atoms with Crippen LogP contribution < -0.4 is 5.32 Å². The second-order valence-electron chi connectivity index (χ2n) is 5.91. The van der Waals surface area contributed by atoms with Crippen LogP contribution >= 0.6 is 0 Å². The summed E-state index contributed by atoms with van der Waals surface area (Å²) in [4.78, 5) is 14.8. The number of fused-ring (bicyclic) bond motifs is 1. The van der Waals surface area contributed by atoms with Gasteiger partial charge in [-0.15, -0.1) is 0 Å². The molecule has 0 radical (unpaired) electrons. The lowest BCUT2D eigenvalue weighted by Crippen LogP contribution is -2.45. The van der Waals surface area contributed by atoms with E-state index in [1.165, 1.54) is 17.5 Å². The fourth-order valence-electron chi connectivity index (χ4n) is 3.33. The van der Waals surface area contributed by atoms with E-state index in [4.69, 9.17) is 0 Å². The Labute approximate surface area is 115 Å². The van der Waals surface area contributed by atoms with Crippen LogP contribution in [-0.4, -0.2) is 30.4 Å². The molecule has 102 valence electrons. The van der Waals surface area contributed by atoms with Crippen LogP contribution in [-0.2, 0) is 11.3 Å². The maximum absolute atomic E-state index is 12.7. The minimum absolute atomic E-state index is 0.00949. The summed E-state index contributed by atoms with van der Waals surface area (Å²) in [6.07, 6.45) is 2.40. The van der Waals surface area contributed by atoms with Gasteiger partial charge in [0.25, 0.3) is 0 Å². The second-order valence-corrected chi connectivity index (χ2v) is 5.91. The monoisotopic (exact) mass is 258 g/mol. The van der Waals surface area contributed by atoms with Crippen molar-refractivity contribution in [3.8, 4) is 0 Å². The van der Waals surface area contributed by atoms with Gasteiger partial charge in [0.05, 0.1) is 5.92 Å². The lowest BCUT2D eigenvalue weighted by atomic mass is 9.88. The second kappa shape index (κ2) is 5.33. The standard InChI is InChI=1S/C16H22N2O/c1-12-5-4-8-18(11-12)16(19)15-10-17-9-13-6-2-3-7-14(13)15/h2-3,6-7,12,15,17H,4-5,8-11H2,1H3. The third-order valence-electron chi connectivity index (χ3n) is 4.36. The van der Waals surface area contributed by atoms with Gasteiger partial charge in [-0.3, -0.25) is 4.79 Å². The summed E-state index contributed by atoms with van der Waals surface area (Å²) >= 11 is 0. The van der Waals surface area contributed by atoms with Crippen LogP contribution in [0.5, 0.6) is 0 Å². The van der Waals surface area contributed by atoms with Gasteiger partial charge < -0.3 is 10.2 Å². The molecule has 1 aromatic rings. The highest BCUT2D eigenvalue weighted by Gasteiger charge is 2.31. The van der Waals surface area contributed by atoms with E-state index in [-0.39, 0.29) is 5.92 Å². The van der Waals surface area contributed by atoms with Crippen molar-refractivity contribution < 1.29 is 4.79 Å². The zero-order valence-corrected chi connectivity index (χ0v) is 11.6. The third kappa shape index (κ3) is 2.52. The fraction of sp³-hybridized carbons (Fsp3) is 0.562. The number of amides is 1. The average molecular weight is 258 g/mol. The molecule has 0 aromatic heterocycles. The number of nitrogens with one attached hydrogen (secondary N) is 1. The van der Waals surface area contributed by atoms with Crippen LogP contribution in [0.15, 0.2) is 24.3 Å². The molecule has 2 unspecified atom stereocenters. The molecule has 3 heteroatoms. The van der Waals surface area contributed by atoms with Gasteiger partial charge in [-0.25, -0.2) is 0 Å². The number of likely N-dealkylation sites (tertiary alicyclic amines) is 1. The van der Waals surface area contributed by atoms with Crippen molar-refractivity contribution in [1.82, 2.24) is 10.2 Å². The Morgan fingerprint density at radius 1 is 1.37 bits per heavy atom. The number of benzene rings is 1. The highest BCUT2D eigenvalue weighted by molar-refractivity contribution is 5.84. The summed E-state index contributed by atoms with van der Waals surface area (Å²) in [6.45, 7) is 5.77. The first kappa shape index (κ1) is 12.7. The summed E-state index contributed by atoms with van der Waals surface area (Å²) in [6, 6.07) is 8.34. The number of piperidine rings is 1. The topological polar surface area (TPSA) is 32.3 Å². The largest absolute Gasteiger partial charge is 0.342 e. The van der Waals surface area contributed by atoms with Gasteiger partial charge in [0.2, 0.25) is 5.91 Å². The van der Waals surface area contributed by atoms with Crippen LogP contribution in [0.1, 0.15) is 36.8 Å². The quantitative estimate of drug-likeness (QED) is 0.837. The van der Waals surface area contributed by atoms with Gasteiger partial charge in [-0.05, 0) is 29.9 Å². The van der Waals surface area contributed by atoms with Crippen molar-refractivity contribution in [1.29, 1.82) is 0 Å². The summed E-state index contributed by atoms with van der Waals surface area (Å²) in [5.74, 6) is 0.964. The molecule has 3 nitrogen and oxygen atoms in total. The third-order valence-corrected chi connectivity index (χ3v) is 4.36. The van der Waals surface area contributed by atoms with Gasteiger partial charge in [-0.2, -0.15) is 0 Å². The average Bonchev–Trinajstić information content (AvgIpc) is 2.46. The summed E-state index contributed by atoms with van der Waals surface area (Å²) < 4.78 is 0. The zero-order valence-electron chi connectivity index (χ0n) is 11.6. The smallest absolute Gasteiger partial charge is 0.231 e. The molecule has 1 amide bonds. The molecule has 1 aromatic carbocycles. The molecule has 1 saturated heterocycles. The molecule has 1 N–H and O–H groups in total. The molecule has 2 atom stereocenters. The Kier molecular flexibility index (Phi) is 3.56. The predicted octanol–water partition coefficient (Wildman–Crippen LogP) is 2.13. The minimum Gasteiger partial charge on any atom is -0.342 e. The maximum atomic E-state index is 12.7. The highest BCUT2D eigenvalue weighted by atomic mass is 16.2. The van der Waals surface area contributed by atoms with Gasteiger partial charge in [-0.1, -0.05) is 31.2 Å². The van der Waals surface area contributed by atoms with Crippen molar-refractivity contribution in [3.05, 3.63) is 35.4 Å². The van der Waals surface area contributed by atoms with Gasteiger partial charge in [0.1, 0.15) is 0 Å². The van der Waals surface area contributed by atoms with Crippen molar-refractivity contribution >= 4 is 5.91 Å². The Balaban J connectivity index is 1.81. The molecular weight excluding hydrogens is 236 g/mol. The van der Waals surface area contributed by atoms with E-state index in [9.17, 15) is 4.79 Å². The molecule has 2 aliphatic rings. The molecule has 1 fully saturated rings. The van der Waals surface area contributed by atoms with Crippen LogP contribution in [0, 0.1) is 5.92 Å². The van der Waals surface area contributed by atoms with Crippen LogP contribution in [0.2, 0.25) is 0 Å². The lowest BCUT2D eigenvalue weighted by molar-refractivity contribution is -0.134. The van der Waals surface area contributed by atoms with Crippen LogP contribution in [0.3, 0.4) is 0 Å². The summed E-state index contributed by atoms with van der Waals surface area (Å²) in [5, 5.41) is 3.37. The lowest BCUT2D eigenvalue weighted by Gasteiger charge is -2.35. The van der Waals surface area contributed by atoms with E-state index >= 15 is 0 Å². The highest BCUT2D eigenvalue weighted by Crippen LogP contribution is 2.27. The van der Waals surface area contributed by atoms with Crippen molar-refractivity contribution in [2.24, 2.45) is 5.92 Å². The zero-order chi connectivity index (χ0) is 13.2.